The molecule has 0 atom stereocenters. The van der Waals surface area contributed by atoms with Gasteiger partial charge in [0.05, 0.1) is 125 Å². The molecule has 0 spiro atoms. The minimum Gasteiger partial charge on any atom is -0.481 e. The van der Waals surface area contributed by atoms with Gasteiger partial charge in [-0.1, -0.05) is 24.3 Å². The van der Waals surface area contributed by atoms with E-state index in [4.69, 9.17) is 47.7 Å². The number of amides is 1. The predicted molar refractivity (Wildman–Crippen MR) is 174 cm³/mol. The highest BCUT2D eigenvalue weighted by atomic mass is 16.6. The van der Waals surface area contributed by atoms with Gasteiger partial charge in [0.2, 0.25) is 11.7 Å². The van der Waals surface area contributed by atoms with E-state index in [1.54, 1.807) is 6.92 Å². The highest BCUT2D eigenvalue weighted by Gasteiger charge is 2.05. The van der Waals surface area contributed by atoms with E-state index >= 15 is 0 Å². The lowest BCUT2D eigenvalue weighted by Gasteiger charge is -2.09. The summed E-state index contributed by atoms with van der Waals surface area (Å²) < 4.78 is 48.6. The van der Waals surface area contributed by atoms with E-state index < -0.39 is 5.97 Å². The standard InChI is InChI=1S/C32H51N5O12/c1-27-34-36-32(37-35-27)29-4-2-28(3-5-29)26-33-30(38)6-8-41-10-12-43-14-16-45-18-20-47-22-24-49-25-23-48-21-19-46-17-15-44-13-11-42-9-7-31(39)40/h2-5H,6-26H2,1H3,(H,33,38)(H,39,40). The Morgan fingerprint density at radius 3 is 1.24 bits per heavy atom. The largest absolute Gasteiger partial charge is 0.481 e. The highest BCUT2D eigenvalue weighted by Crippen LogP contribution is 2.14. The minimum atomic E-state index is -0.879. The van der Waals surface area contributed by atoms with Gasteiger partial charge in [-0.15, -0.1) is 20.4 Å². The molecular weight excluding hydrogens is 646 g/mol. The number of aryl methyl sites for hydroxylation is 1. The Labute approximate surface area is 287 Å². The molecule has 2 aromatic rings. The zero-order valence-electron chi connectivity index (χ0n) is 28.4. The molecule has 276 valence electrons. The second kappa shape index (κ2) is 29.6. The lowest BCUT2D eigenvalue weighted by Crippen LogP contribution is -2.24. The summed E-state index contributed by atoms with van der Waals surface area (Å²) in [6, 6.07) is 7.54. The molecule has 49 heavy (non-hydrogen) atoms. The van der Waals surface area contributed by atoms with Crippen molar-refractivity contribution in [3.05, 3.63) is 35.7 Å². The Morgan fingerprint density at radius 2 is 0.878 bits per heavy atom. The lowest BCUT2D eigenvalue weighted by atomic mass is 10.1. The van der Waals surface area contributed by atoms with Crippen molar-refractivity contribution in [2.75, 3.05) is 119 Å². The molecule has 0 aliphatic rings. The van der Waals surface area contributed by atoms with E-state index in [-0.39, 0.29) is 25.4 Å². The van der Waals surface area contributed by atoms with Crippen LogP contribution in [-0.2, 0) is 58.8 Å². The maximum absolute atomic E-state index is 12.1. The molecular formula is C32H51N5O12. The number of carbonyl (C=O) groups excluding carboxylic acids is 1. The summed E-state index contributed by atoms with van der Waals surface area (Å²) in [4.78, 5) is 22.4. The van der Waals surface area contributed by atoms with Crippen LogP contribution < -0.4 is 5.32 Å². The van der Waals surface area contributed by atoms with E-state index in [1.165, 1.54) is 0 Å². The number of aromatic nitrogens is 4. The van der Waals surface area contributed by atoms with Crippen molar-refractivity contribution in [2.45, 2.75) is 26.3 Å². The van der Waals surface area contributed by atoms with Crippen LogP contribution >= 0.6 is 0 Å². The van der Waals surface area contributed by atoms with Crippen LogP contribution in [0.5, 0.6) is 0 Å². The molecule has 0 radical (unpaired) electrons. The SMILES string of the molecule is Cc1nnc(-c2ccc(CNC(=O)CCOCCOCCOCCOCCOCCOCCOCCOCCOCCC(=O)O)cc2)nn1. The maximum Gasteiger partial charge on any atom is 0.305 e. The molecule has 0 aliphatic carbocycles. The van der Waals surface area contributed by atoms with E-state index in [9.17, 15) is 9.59 Å². The molecule has 1 amide bonds. The first-order valence-electron chi connectivity index (χ1n) is 16.4. The van der Waals surface area contributed by atoms with Crippen molar-refractivity contribution in [2.24, 2.45) is 0 Å². The number of aliphatic carboxylic acids is 1. The average molecular weight is 698 g/mol. The summed E-state index contributed by atoms with van der Waals surface area (Å²) in [5.41, 5.74) is 1.76. The zero-order valence-corrected chi connectivity index (χ0v) is 28.4. The fourth-order valence-corrected chi connectivity index (χ4v) is 3.64. The van der Waals surface area contributed by atoms with Crippen LogP contribution in [0.1, 0.15) is 24.2 Å². The van der Waals surface area contributed by atoms with E-state index in [1.807, 2.05) is 24.3 Å². The Kier molecular flexibility index (Phi) is 25.3. The molecule has 17 heteroatoms. The van der Waals surface area contributed by atoms with Crippen LogP contribution in [-0.4, -0.2) is 156 Å². The van der Waals surface area contributed by atoms with Crippen molar-refractivity contribution in [3.8, 4) is 11.4 Å². The Hall–Kier alpha value is -3.26. The van der Waals surface area contributed by atoms with E-state index in [2.05, 4.69) is 25.7 Å². The third-order valence-corrected chi connectivity index (χ3v) is 6.19. The van der Waals surface area contributed by atoms with Crippen LogP contribution in [0.4, 0.5) is 0 Å². The number of hydrogen-bond donors (Lipinski definition) is 2. The molecule has 0 fully saturated rings. The molecule has 17 nitrogen and oxygen atoms in total. The smallest absolute Gasteiger partial charge is 0.305 e. The lowest BCUT2D eigenvalue weighted by molar-refractivity contribution is -0.138. The molecule has 1 aromatic carbocycles. The van der Waals surface area contributed by atoms with E-state index in [0.717, 1.165) is 11.1 Å². The summed E-state index contributed by atoms with van der Waals surface area (Å²) in [5.74, 6) is -0.00382. The van der Waals surface area contributed by atoms with Crippen LogP contribution in [0.3, 0.4) is 0 Å². The molecule has 0 aliphatic heterocycles. The van der Waals surface area contributed by atoms with Gasteiger partial charge in [-0.25, -0.2) is 0 Å². The summed E-state index contributed by atoms with van der Waals surface area (Å²) in [6.07, 6.45) is 0.256. The van der Waals surface area contributed by atoms with Gasteiger partial charge in [-0.05, 0) is 12.5 Å². The topological polar surface area (TPSA) is 201 Å². The second-order valence-electron chi connectivity index (χ2n) is 10.1. The molecule has 2 rings (SSSR count). The van der Waals surface area contributed by atoms with Gasteiger partial charge in [0.25, 0.3) is 0 Å². The van der Waals surface area contributed by atoms with Gasteiger partial charge in [-0.3, -0.25) is 9.59 Å². The Bertz CT molecular complexity index is 1100. The summed E-state index contributed by atoms with van der Waals surface area (Å²) in [5, 5.41) is 27.2. The number of carboxylic acids is 1. The summed E-state index contributed by atoms with van der Waals surface area (Å²) >= 11 is 0. The first-order chi connectivity index (χ1) is 24.0. The average Bonchev–Trinajstić information content (AvgIpc) is 3.10. The molecule has 0 unspecified atom stereocenters. The zero-order chi connectivity index (χ0) is 35.0. The van der Waals surface area contributed by atoms with Gasteiger partial charge < -0.3 is 53.1 Å². The van der Waals surface area contributed by atoms with Crippen LogP contribution in [0.25, 0.3) is 11.4 Å². The van der Waals surface area contributed by atoms with Gasteiger partial charge >= 0.3 is 5.97 Å². The molecule has 1 aromatic heterocycles. The van der Waals surface area contributed by atoms with Gasteiger partial charge in [0.15, 0.2) is 5.82 Å². The van der Waals surface area contributed by atoms with Gasteiger partial charge in [0.1, 0.15) is 0 Å². The Balaban J connectivity index is 1.23. The number of nitrogens with zero attached hydrogens (tertiary/aromatic N) is 4. The van der Waals surface area contributed by atoms with E-state index in [0.29, 0.717) is 131 Å². The number of benzene rings is 1. The normalized spacial score (nSPS) is 11.2. The van der Waals surface area contributed by atoms with Crippen molar-refractivity contribution in [1.82, 2.24) is 25.7 Å². The first kappa shape index (κ1) is 41.9. The number of ether oxygens (including phenoxy) is 9. The summed E-state index contributed by atoms with van der Waals surface area (Å²) in [6.45, 7) is 9.73. The van der Waals surface area contributed by atoms with Crippen molar-refractivity contribution < 1.29 is 57.3 Å². The Morgan fingerprint density at radius 1 is 0.531 bits per heavy atom. The maximum atomic E-state index is 12.1. The van der Waals surface area contributed by atoms with Gasteiger partial charge in [-0.2, -0.15) is 0 Å². The molecule has 0 saturated heterocycles. The minimum absolute atomic E-state index is 0.00843. The first-order valence-corrected chi connectivity index (χ1v) is 16.4. The van der Waals surface area contributed by atoms with Gasteiger partial charge in [0, 0.05) is 18.5 Å². The number of nitrogens with one attached hydrogen (secondary N) is 1. The second-order valence-corrected chi connectivity index (χ2v) is 10.1. The van der Waals surface area contributed by atoms with Crippen molar-refractivity contribution in [3.63, 3.8) is 0 Å². The third kappa shape index (κ3) is 24.5. The fourth-order valence-electron chi connectivity index (χ4n) is 3.64. The monoisotopic (exact) mass is 697 g/mol. The van der Waals surface area contributed by atoms with Crippen LogP contribution in [0, 0.1) is 6.92 Å². The number of hydrogen-bond acceptors (Lipinski definition) is 15. The van der Waals surface area contributed by atoms with Crippen molar-refractivity contribution in [1.29, 1.82) is 0 Å². The third-order valence-electron chi connectivity index (χ3n) is 6.19. The fraction of sp³-hybridized carbons (Fsp3) is 0.688. The number of carboxylic acid groups (broad SMARTS) is 1. The van der Waals surface area contributed by atoms with Crippen LogP contribution in [0.2, 0.25) is 0 Å². The summed E-state index contributed by atoms with van der Waals surface area (Å²) in [7, 11) is 0. The quantitative estimate of drug-likeness (QED) is 0.0995. The number of rotatable bonds is 33. The molecule has 0 saturated carbocycles. The highest BCUT2D eigenvalue weighted by molar-refractivity contribution is 5.76. The number of carbonyl (C=O) groups is 2. The van der Waals surface area contributed by atoms with Crippen LogP contribution in [0.15, 0.2) is 24.3 Å². The molecule has 0 bridgehead atoms. The predicted octanol–water partition coefficient (Wildman–Crippen LogP) is 0.872. The van der Waals surface area contributed by atoms with Crippen molar-refractivity contribution >= 4 is 11.9 Å². The molecule has 2 N–H and O–H groups in total. The molecule has 1 heterocycles.